The molecule has 2 aromatic rings. The summed E-state index contributed by atoms with van der Waals surface area (Å²) in [5, 5.41) is 12.5. The van der Waals surface area contributed by atoms with Crippen molar-refractivity contribution in [3.8, 4) is 0 Å². The molecule has 5 nitrogen and oxygen atoms in total. The van der Waals surface area contributed by atoms with Gasteiger partial charge in [-0.15, -0.1) is 11.3 Å². The maximum Gasteiger partial charge on any atom is 0.185 e. The minimum absolute atomic E-state index is 0.0601. The zero-order chi connectivity index (χ0) is 18.0. The molecule has 1 aromatic carbocycles. The van der Waals surface area contributed by atoms with Crippen molar-refractivity contribution in [3.63, 3.8) is 0 Å². The lowest BCUT2D eigenvalue weighted by atomic mass is 9.80. The van der Waals surface area contributed by atoms with Gasteiger partial charge in [-0.05, 0) is 26.1 Å². The Morgan fingerprint density at radius 1 is 1.24 bits per heavy atom. The SMILES string of the molecule is CN(C)c1ncc(CN2CC[C@](O)(c3ccccc3)[C@H](N(C)C)C2)s1. The van der Waals surface area contributed by atoms with E-state index in [9.17, 15) is 5.11 Å². The highest BCUT2D eigenvalue weighted by Gasteiger charge is 2.43. The van der Waals surface area contributed by atoms with Crippen molar-refractivity contribution in [2.75, 3.05) is 46.2 Å². The number of hydrogen-bond donors (Lipinski definition) is 1. The molecule has 1 fully saturated rings. The van der Waals surface area contributed by atoms with Crippen molar-refractivity contribution < 1.29 is 5.11 Å². The van der Waals surface area contributed by atoms with Crippen LogP contribution >= 0.6 is 11.3 Å². The largest absolute Gasteiger partial charge is 0.383 e. The first kappa shape index (κ1) is 18.3. The minimum atomic E-state index is -0.802. The monoisotopic (exact) mass is 360 g/mol. The maximum atomic E-state index is 11.4. The summed E-state index contributed by atoms with van der Waals surface area (Å²) >= 11 is 1.74. The van der Waals surface area contributed by atoms with Gasteiger partial charge in [0.2, 0.25) is 0 Å². The summed E-state index contributed by atoms with van der Waals surface area (Å²) in [5.74, 6) is 0. The average molecular weight is 361 g/mol. The number of aliphatic hydroxyl groups is 1. The minimum Gasteiger partial charge on any atom is -0.383 e. The molecule has 1 aliphatic heterocycles. The molecule has 25 heavy (non-hydrogen) atoms. The molecule has 0 aliphatic carbocycles. The molecule has 136 valence electrons. The van der Waals surface area contributed by atoms with Crippen LogP contribution in [0.1, 0.15) is 16.9 Å². The molecule has 3 rings (SSSR count). The lowest BCUT2D eigenvalue weighted by Crippen LogP contribution is -2.58. The van der Waals surface area contributed by atoms with Crippen molar-refractivity contribution in [3.05, 3.63) is 47.0 Å². The molecule has 1 saturated heterocycles. The van der Waals surface area contributed by atoms with E-state index in [0.717, 1.165) is 36.8 Å². The van der Waals surface area contributed by atoms with E-state index < -0.39 is 5.60 Å². The smallest absolute Gasteiger partial charge is 0.185 e. The lowest BCUT2D eigenvalue weighted by molar-refractivity contribution is -0.0891. The van der Waals surface area contributed by atoms with Gasteiger partial charge in [-0.25, -0.2) is 4.98 Å². The summed E-state index contributed by atoms with van der Waals surface area (Å²) in [4.78, 5) is 12.4. The topological polar surface area (TPSA) is 42.8 Å². The van der Waals surface area contributed by atoms with Gasteiger partial charge in [-0.1, -0.05) is 30.3 Å². The third-order valence-electron chi connectivity index (χ3n) is 4.99. The summed E-state index contributed by atoms with van der Waals surface area (Å²) in [6, 6.07) is 10.2. The number of nitrogens with zero attached hydrogens (tertiary/aromatic N) is 4. The number of hydrogen-bond acceptors (Lipinski definition) is 6. The van der Waals surface area contributed by atoms with Crippen LogP contribution in [0.2, 0.25) is 0 Å². The standard InChI is InChI=1S/C19H28N4OS/c1-21(2)17-14-23(13-16-12-20-18(25-16)22(3)4)11-10-19(17,24)15-8-6-5-7-9-15/h5-9,12,17,24H,10-11,13-14H2,1-4H3/t17-,19+/m1/s1. The van der Waals surface area contributed by atoms with E-state index in [0.29, 0.717) is 0 Å². The Balaban J connectivity index is 1.75. The highest BCUT2D eigenvalue weighted by Crippen LogP contribution is 2.36. The Labute approximate surface area is 154 Å². The zero-order valence-electron chi connectivity index (χ0n) is 15.5. The summed E-state index contributed by atoms with van der Waals surface area (Å²) in [6.07, 6.45) is 2.71. The van der Waals surface area contributed by atoms with Crippen molar-refractivity contribution in [1.29, 1.82) is 0 Å². The Morgan fingerprint density at radius 3 is 2.56 bits per heavy atom. The zero-order valence-corrected chi connectivity index (χ0v) is 16.3. The third-order valence-corrected chi connectivity index (χ3v) is 6.14. The van der Waals surface area contributed by atoms with Gasteiger partial charge < -0.3 is 14.9 Å². The second kappa shape index (κ2) is 7.41. The van der Waals surface area contributed by atoms with E-state index in [-0.39, 0.29) is 6.04 Å². The Hall–Kier alpha value is -1.47. The molecule has 0 bridgehead atoms. The van der Waals surface area contributed by atoms with E-state index in [1.54, 1.807) is 11.3 Å². The van der Waals surface area contributed by atoms with Crippen LogP contribution in [0.25, 0.3) is 0 Å². The Bertz CT molecular complexity index is 688. The number of thiazole rings is 1. The van der Waals surface area contributed by atoms with Crippen molar-refractivity contribution in [2.45, 2.75) is 24.6 Å². The first-order valence-corrected chi connectivity index (χ1v) is 9.50. The number of piperidine rings is 1. The van der Waals surface area contributed by atoms with Crippen molar-refractivity contribution in [2.24, 2.45) is 0 Å². The predicted octanol–water partition coefficient (Wildman–Crippen LogP) is 2.23. The number of rotatable bonds is 5. The number of likely N-dealkylation sites (tertiary alicyclic amines) is 1. The number of aromatic nitrogens is 1. The lowest BCUT2D eigenvalue weighted by Gasteiger charge is -2.47. The number of benzene rings is 1. The van der Waals surface area contributed by atoms with E-state index in [1.165, 1.54) is 4.88 Å². The Morgan fingerprint density at radius 2 is 1.96 bits per heavy atom. The fourth-order valence-electron chi connectivity index (χ4n) is 3.58. The highest BCUT2D eigenvalue weighted by molar-refractivity contribution is 7.15. The third kappa shape index (κ3) is 3.87. The van der Waals surface area contributed by atoms with Crippen LogP contribution in [-0.4, -0.2) is 67.2 Å². The normalized spacial score (nSPS) is 24.6. The average Bonchev–Trinajstić information content (AvgIpc) is 3.06. The predicted molar refractivity (Wildman–Crippen MR) is 104 cm³/mol. The van der Waals surface area contributed by atoms with Crippen LogP contribution in [0, 0.1) is 0 Å². The summed E-state index contributed by atoms with van der Waals surface area (Å²) in [5.41, 5.74) is 0.213. The molecule has 0 amide bonds. The number of anilines is 1. The second-order valence-corrected chi connectivity index (χ2v) is 8.35. The molecule has 0 radical (unpaired) electrons. The van der Waals surface area contributed by atoms with Gasteiger partial charge in [-0.3, -0.25) is 4.90 Å². The molecule has 1 aliphatic rings. The molecular weight excluding hydrogens is 332 g/mol. The highest BCUT2D eigenvalue weighted by atomic mass is 32.1. The van der Waals surface area contributed by atoms with E-state index >= 15 is 0 Å². The fourth-order valence-corrected chi connectivity index (χ4v) is 4.45. The van der Waals surface area contributed by atoms with Crippen LogP contribution in [0.4, 0.5) is 5.13 Å². The van der Waals surface area contributed by atoms with Crippen LogP contribution < -0.4 is 4.90 Å². The van der Waals surface area contributed by atoms with E-state index in [2.05, 4.69) is 28.9 Å². The quantitative estimate of drug-likeness (QED) is 0.886. The van der Waals surface area contributed by atoms with Crippen LogP contribution in [0.5, 0.6) is 0 Å². The van der Waals surface area contributed by atoms with E-state index in [4.69, 9.17) is 0 Å². The van der Waals surface area contributed by atoms with Gasteiger partial charge in [0, 0.05) is 44.8 Å². The maximum absolute atomic E-state index is 11.4. The molecular formula is C19H28N4OS. The van der Waals surface area contributed by atoms with Crippen molar-refractivity contribution >= 4 is 16.5 Å². The molecule has 0 spiro atoms. The molecule has 0 unspecified atom stereocenters. The van der Waals surface area contributed by atoms with Gasteiger partial charge in [0.25, 0.3) is 0 Å². The van der Waals surface area contributed by atoms with Gasteiger partial charge >= 0.3 is 0 Å². The van der Waals surface area contributed by atoms with Gasteiger partial charge in [0.05, 0.1) is 6.04 Å². The Kier molecular flexibility index (Phi) is 5.43. The number of likely N-dealkylation sites (N-methyl/N-ethyl adjacent to an activating group) is 1. The summed E-state index contributed by atoms with van der Waals surface area (Å²) in [7, 11) is 8.15. The van der Waals surface area contributed by atoms with E-state index in [1.807, 2.05) is 55.5 Å². The van der Waals surface area contributed by atoms with Gasteiger partial charge in [-0.2, -0.15) is 0 Å². The molecule has 2 heterocycles. The van der Waals surface area contributed by atoms with Gasteiger partial charge in [0.1, 0.15) is 5.60 Å². The molecule has 1 N–H and O–H groups in total. The molecule has 0 saturated carbocycles. The van der Waals surface area contributed by atoms with Crippen molar-refractivity contribution in [1.82, 2.24) is 14.8 Å². The first-order valence-electron chi connectivity index (χ1n) is 8.69. The fraction of sp³-hybridized carbons (Fsp3) is 0.526. The molecule has 6 heteroatoms. The molecule has 2 atom stereocenters. The van der Waals surface area contributed by atoms with Crippen LogP contribution in [-0.2, 0) is 12.1 Å². The van der Waals surface area contributed by atoms with Crippen LogP contribution in [0.15, 0.2) is 36.5 Å². The second-order valence-electron chi connectivity index (χ2n) is 7.26. The first-order chi connectivity index (χ1) is 11.9. The summed E-state index contributed by atoms with van der Waals surface area (Å²) < 4.78 is 0. The summed E-state index contributed by atoms with van der Waals surface area (Å²) in [6.45, 7) is 2.61. The molecule has 1 aromatic heterocycles. The van der Waals surface area contributed by atoms with Gasteiger partial charge in [0.15, 0.2) is 5.13 Å². The van der Waals surface area contributed by atoms with Crippen LogP contribution in [0.3, 0.4) is 0 Å².